The number of hydrogen-bond acceptors (Lipinski definition) is 9. The number of nitrogens with two attached hydrogens (primary N) is 1. The molecule has 2 aliphatic rings. The zero-order valence-electron chi connectivity index (χ0n) is 28.9. The van der Waals surface area contributed by atoms with Gasteiger partial charge in [-0.15, -0.1) is 0 Å². The van der Waals surface area contributed by atoms with Crippen molar-refractivity contribution in [2.75, 3.05) is 18.8 Å². The van der Waals surface area contributed by atoms with Gasteiger partial charge in [-0.1, -0.05) is 19.1 Å². The highest BCUT2D eigenvalue weighted by molar-refractivity contribution is 6.09. The molecule has 12 heteroatoms. The van der Waals surface area contributed by atoms with Crippen molar-refractivity contribution in [2.24, 2.45) is 10.9 Å². The first-order valence-corrected chi connectivity index (χ1v) is 16.3. The largest absolute Gasteiger partial charge is 0.444 e. The van der Waals surface area contributed by atoms with Gasteiger partial charge in [0.25, 0.3) is 0 Å². The van der Waals surface area contributed by atoms with Crippen molar-refractivity contribution in [1.82, 2.24) is 15.5 Å². The van der Waals surface area contributed by atoms with Crippen LogP contribution in [0.5, 0.6) is 5.75 Å². The van der Waals surface area contributed by atoms with Gasteiger partial charge in [-0.3, -0.25) is 10.1 Å². The van der Waals surface area contributed by atoms with E-state index in [1.807, 2.05) is 11.8 Å². The van der Waals surface area contributed by atoms with Crippen molar-refractivity contribution in [3.8, 4) is 5.75 Å². The number of amidine groups is 1. The second kappa shape index (κ2) is 14.9. The Bertz CT molecular complexity index is 1610. The lowest BCUT2D eigenvalue weighted by atomic mass is 10.0. The van der Waals surface area contributed by atoms with E-state index in [0.717, 1.165) is 19.3 Å². The van der Waals surface area contributed by atoms with Crippen LogP contribution in [0, 0.1) is 5.92 Å². The summed E-state index contributed by atoms with van der Waals surface area (Å²) >= 11 is 0. The van der Waals surface area contributed by atoms with Gasteiger partial charge in [-0.2, -0.15) is 0 Å². The van der Waals surface area contributed by atoms with Crippen LogP contribution in [0.15, 0.2) is 47.0 Å². The number of nitrogens with one attached hydrogen (secondary N) is 2. The number of benzene rings is 2. The minimum absolute atomic E-state index is 0.0752. The number of aliphatic imine (C=N–C) groups is 1. The summed E-state index contributed by atoms with van der Waals surface area (Å²) in [6, 6.07) is 9.57. The molecule has 0 spiro atoms. The van der Waals surface area contributed by atoms with Gasteiger partial charge in [-0.05, 0) is 96.6 Å². The minimum atomic E-state index is -0.739. The molecule has 1 saturated carbocycles. The third-order valence-electron chi connectivity index (χ3n) is 7.24. The van der Waals surface area contributed by atoms with Crippen LogP contribution in [0.4, 0.5) is 21.0 Å². The molecule has 48 heavy (non-hydrogen) atoms. The highest BCUT2D eigenvalue weighted by atomic mass is 16.6. The lowest BCUT2D eigenvalue weighted by molar-refractivity contribution is -0.127. The van der Waals surface area contributed by atoms with Crippen LogP contribution in [0.3, 0.4) is 0 Å². The topological polar surface area (TPSA) is 162 Å². The fourth-order valence-corrected chi connectivity index (χ4v) is 4.93. The van der Waals surface area contributed by atoms with Crippen LogP contribution < -0.4 is 21.1 Å². The molecule has 0 unspecified atom stereocenters. The molecular weight excluding hydrogens is 614 g/mol. The Balaban J connectivity index is 1.55. The van der Waals surface area contributed by atoms with E-state index in [2.05, 4.69) is 15.6 Å². The Labute approximate surface area is 282 Å². The first-order valence-electron chi connectivity index (χ1n) is 16.3. The molecule has 0 aromatic heterocycles. The number of ether oxygens (including phenoxy) is 3. The molecular formula is C36H47N5O7. The third kappa shape index (κ3) is 10.9. The van der Waals surface area contributed by atoms with Crippen LogP contribution >= 0.6 is 0 Å². The number of rotatable bonds is 9. The summed E-state index contributed by atoms with van der Waals surface area (Å²) in [5.74, 6) is 0.183. The number of carbonyl (C=O) groups is 4. The SMILES string of the molecule is CCCN(CC1CC1)C(=O)C1=Cc2ccc(C(=O)Oc3ccc(CNC(=O)OC(C)(C)C)c(N)c3)cc2N=C(NC(=O)OC(C)(C)C)C1. The lowest BCUT2D eigenvalue weighted by Gasteiger charge is -2.24. The Morgan fingerprint density at radius 1 is 0.958 bits per heavy atom. The van der Waals surface area contributed by atoms with E-state index in [9.17, 15) is 19.2 Å². The van der Waals surface area contributed by atoms with Crippen LogP contribution in [0.1, 0.15) is 95.6 Å². The fraction of sp³-hybridized carbons (Fsp3) is 0.472. The minimum Gasteiger partial charge on any atom is -0.444 e. The number of fused-ring (bicyclic) bond motifs is 1. The van der Waals surface area contributed by atoms with Gasteiger partial charge in [-0.25, -0.2) is 19.4 Å². The van der Waals surface area contributed by atoms with Gasteiger partial charge in [0.15, 0.2) is 0 Å². The molecule has 1 aliphatic carbocycles. The predicted octanol–water partition coefficient (Wildman–Crippen LogP) is 6.50. The number of esters is 1. The van der Waals surface area contributed by atoms with Gasteiger partial charge in [0.2, 0.25) is 5.91 Å². The average molecular weight is 662 g/mol. The number of nitrogens with zero attached hydrogens (tertiary/aromatic N) is 2. The second-order valence-corrected chi connectivity index (χ2v) is 14.1. The number of carbonyl (C=O) groups excluding carboxylic acids is 4. The monoisotopic (exact) mass is 661 g/mol. The Morgan fingerprint density at radius 3 is 2.27 bits per heavy atom. The van der Waals surface area contributed by atoms with E-state index in [1.165, 1.54) is 6.07 Å². The molecule has 1 aliphatic heterocycles. The summed E-state index contributed by atoms with van der Waals surface area (Å²) < 4.78 is 16.3. The summed E-state index contributed by atoms with van der Waals surface area (Å²) in [5, 5.41) is 5.36. The number of nitrogen functional groups attached to an aromatic ring is 1. The Kier molecular flexibility index (Phi) is 11.2. The average Bonchev–Trinajstić information content (AvgIpc) is 3.80. The maximum Gasteiger partial charge on any atom is 0.413 e. The molecule has 0 radical (unpaired) electrons. The van der Waals surface area contributed by atoms with E-state index in [1.54, 1.807) is 78.0 Å². The standard InChI is InChI=1S/C36H47N5O7/c1-8-15-41(21-22-9-10-22)31(42)26-16-23-11-12-24(17-29(23)39-30(18-26)40-34(45)48-36(5,6)7)32(43)46-27-14-13-25(28(37)19-27)20-38-33(44)47-35(2,3)4/h11-14,16-17,19,22H,8-10,15,18,20-21,37H2,1-7H3,(H,38,44)(H,39,40,45). The molecule has 12 nitrogen and oxygen atoms in total. The van der Waals surface area contributed by atoms with Crippen molar-refractivity contribution in [1.29, 1.82) is 0 Å². The van der Waals surface area contributed by atoms with Crippen LogP contribution in [0.2, 0.25) is 0 Å². The fourth-order valence-electron chi connectivity index (χ4n) is 4.93. The van der Waals surface area contributed by atoms with Crippen molar-refractivity contribution in [3.05, 3.63) is 58.7 Å². The van der Waals surface area contributed by atoms with Crippen molar-refractivity contribution >= 4 is 47.3 Å². The molecule has 0 bridgehead atoms. The summed E-state index contributed by atoms with van der Waals surface area (Å²) in [7, 11) is 0. The van der Waals surface area contributed by atoms with E-state index in [4.69, 9.17) is 19.9 Å². The van der Waals surface area contributed by atoms with Crippen LogP contribution in [-0.4, -0.2) is 59.1 Å². The van der Waals surface area contributed by atoms with Crippen molar-refractivity contribution in [2.45, 2.75) is 91.9 Å². The van der Waals surface area contributed by atoms with E-state index in [0.29, 0.717) is 47.1 Å². The Hall–Kier alpha value is -4.87. The Morgan fingerprint density at radius 2 is 1.65 bits per heavy atom. The van der Waals surface area contributed by atoms with E-state index in [-0.39, 0.29) is 36.0 Å². The van der Waals surface area contributed by atoms with Crippen molar-refractivity contribution in [3.63, 3.8) is 0 Å². The molecule has 1 heterocycles. The predicted molar refractivity (Wildman–Crippen MR) is 184 cm³/mol. The molecule has 2 aromatic carbocycles. The molecule has 3 amide bonds. The first kappa shape index (κ1) is 36.0. The molecule has 4 rings (SSSR count). The van der Waals surface area contributed by atoms with Gasteiger partial charge in [0, 0.05) is 48.9 Å². The number of anilines is 1. The third-order valence-corrected chi connectivity index (χ3v) is 7.24. The highest BCUT2D eigenvalue weighted by Crippen LogP contribution is 2.33. The summed E-state index contributed by atoms with van der Waals surface area (Å²) in [6.45, 7) is 14.1. The quantitative estimate of drug-likeness (QED) is 0.156. The van der Waals surface area contributed by atoms with E-state index < -0.39 is 29.4 Å². The van der Waals surface area contributed by atoms with E-state index >= 15 is 0 Å². The number of alkyl carbamates (subject to hydrolysis) is 2. The molecule has 0 saturated heterocycles. The summed E-state index contributed by atoms with van der Waals surface area (Å²) in [5.41, 5.74) is 7.42. The summed E-state index contributed by atoms with van der Waals surface area (Å²) in [6.07, 6.45) is 3.62. The normalized spacial score (nSPS) is 14.4. The van der Waals surface area contributed by atoms with Crippen LogP contribution in [-0.2, 0) is 20.8 Å². The molecule has 4 N–H and O–H groups in total. The lowest BCUT2D eigenvalue weighted by Crippen LogP contribution is -2.38. The van der Waals surface area contributed by atoms with Gasteiger partial charge in [0.05, 0.1) is 11.3 Å². The molecule has 1 fully saturated rings. The number of amides is 3. The van der Waals surface area contributed by atoms with Crippen LogP contribution in [0.25, 0.3) is 6.08 Å². The number of hydrogen-bond donors (Lipinski definition) is 3. The first-order chi connectivity index (χ1) is 22.5. The van der Waals surface area contributed by atoms with Gasteiger partial charge < -0.3 is 30.2 Å². The smallest absolute Gasteiger partial charge is 0.413 e. The maximum absolute atomic E-state index is 13.8. The zero-order chi connectivity index (χ0) is 35.2. The molecule has 0 atom stereocenters. The molecule has 2 aromatic rings. The van der Waals surface area contributed by atoms with Gasteiger partial charge >= 0.3 is 18.2 Å². The molecule has 258 valence electrons. The highest BCUT2D eigenvalue weighted by Gasteiger charge is 2.30. The van der Waals surface area contributed by atoms with Crippen molar-refractivity contribution < 1.29 is 33.4 Å². The second-order valence-electron chi connectivity index (χ2n) is 14.1. The van der Waals surface area contributed by atoms with Gasteiger partial charge in [0.1, 0.15) is 22.8 Å². The maximum atomic E-state index is 13.8. The zero-order valence-corrected chi connectivity index (χ0v) is 28.9. The summed E-state index contributed by atoms with van der Waals surface area (Å²) in [4.78, 5) is 58.3.